The number of fused-ring (bicyclic) bond motifs is 1. The Morgan fingerprint density at radius 1 is 1.00 bits per heavy atom. The molecule has 0 spiro atoms. The minimum Gasteiger partial charge on any atom is -0.493 e. The maximum absolute atomic E-state index is 5.43. The van der Waals surface area contributed by atoms with Crippen LogP contribution in [-0.2, 0) is 0 Å². The summed E-state index contributed by atoms with van der Waals surface area (Å²) in [4.78, 5) is 2.67. The molecule has 0 radical (unpaired) electrons. The van der Waals surface area contributed by atoms with E-state index < -0.39 is 0 Å². The first-order valence-electron chi connectivity index (χ1n) is 7.29. The van der Waals surface area contributed by atoms with Crippen LogP contribution >= 0.6 is 0 Å². The average molecular weight is 261 g/mol. The number of piperidine rings is 1. The number of hydrogen-bond acceptors (Lipinski definition) is 3. The van der Waals surface area contributed by atoms with Crippen LogP contribution in [0.2, 0.25) is 0 Å². The average Bonchev–Trinajstić information content (AvgIpc) is 2.90. The fraction of sp³-hybridized carbons (Fsp3) is 0.625. The smallest absolute Gasteiger partial charge is 0.160 e. The van der Waals surface area contributed by atoms with Crippen LogP contribution < -0.4 is 9.47 Å². The third kappa shape index (κ3) is 2.32. The summed E-state index contributed by atoms with van der Waals surface area (Å²) in [7, 11) is 3.40. The zero-order valence-electron chi connectivity index (χ0n) is 11.9. The lowest BCUT2D eigenvalue weighted by molar-refractivity contribution is 0.188. The largest absolute Gasteiger partial charge is 0.493 e. The number of ether oxygens (including phenoxy) is 2. The van der Waals surface area contributed by atoms with Gasteiger partial charge in [-0.15, -0.1) is 0 Å². The van der Waals surface area contributed by atoms with E-state index >= 15 is 0 Å². The van der Waals surface area contributed by atoms with Gasteiger partial charge in [-0.1, -0.05) is 12.5 Å². The van der Waals surface area contributed by atoms with Gasteiger partial charge >= 0.3 is 0 Å². The second kappa shape index (κ2) is 5.41. The molecular formula is C16H23NO2. The minimum atomic E-state index is 0.667. The maximum atomic E-state index is 5.43. The molecule has 0 unspecified atom stereocenters. The molecule has 3 nitrogen and oxygen atoms in total. The summed E-state index contributed by atoms with van der Waals surface area (Å²) in [5, 5.41) is 0. The summed E-state index contributed by atoms with van der Waals surface area (Å²) in [6, 6.07) is 7.16. The topological polar surface area (TPSA) is 21.7 Å². The van der Waals surface area contributed by atoms with E-state index in [4.69, 9.17) is 9.47 Å². The quantitative estimate of drug-likeness (QED) is 0.834. The number of hydrogen-bond donors (Lipinski definition) is 0. The van der Waals surface area contributed by atoms with Crippen molar-refractivity contribution in [1.82, 2.24) is 4.90 Å². The SMILES string of the molecule is COc1ccc([C@@H]2CCN3CCCC[C@H]23)cc1OC. The normalized spacial score (nSPS) is 27.1. The van der Waals surface area contributed by atoms with Crippen molar-refractivity contribution >= 4 is 0 Å². The Morgan fingerprint density at radius 2 is 1.84 bits per heavy atom. The summed E-state index contributed by atoms with van der Waals surface area (Å²) in [5.74, 6) is 2.35. The van der Waals surface area contributed by atoms with Crippen LogP contribution in [0.3, 0.4) is 0 Å². The lowest BCUT2D eigenvalue weighted by Gasteiger charge is -2.32. The third-order valence-electron chi connectivity index (χ3n) is 4.69. The van der Waals surface area contributed by atoms with E-state index in [1.54, 1.807) is 14.2 Å². The van der Waals surface area contributed by atoms with E-state index in [9.17, 15) is 0 Å². The monoisotopic (exact) mass is 261 g/mol. The van der Waals surface area contributed by atoms with Crippen LogP contribution in [0.25, 0.3) is 0 Å². The molecule has 1 aromatic rings. The van der Waals surface area contributed by atoms with Gasteiger partial charge in [0.15, 0.2) is 11.5 Å². The summed E-state index contributed by atoms with van der Waals surface area (Å²) >= 11 is 0. The van der Waals surface area contributed by atoms with Crippen LogP contribution in [0, 0.1) is 0 Å². The van der Waals surface area contributed by atoms with Crippen LogP contribution in [-0.4, -0.2) is 38.3 Å². The van der Waals surface area contributed by atoms with Crippen molar-refractivity contribution in [2.24, 2.45) is 0 Å². The van der Waals surface area contributed by atoms with Crippen molar-refractivity contribution < 1.29 is 9.47 Å². The molecule has 2 fully saturated rings. The number of nitrogens with zero attached hydrogens (tertiary/aromatic N) is 1. The van der Waals surface area contributed by atoms with Gasteiger partial charge in [-0.25, -0.2) is 0 Å². The third-order valence-corrected chi connectivity index (χ3v) is 4.69. The molecule has 2 atom stereocenters. The van der Waals surface area contributed by atoms with E-state index in [2.05, 4.69) is 17.0 Å². The van der Waals surface area contributed by atoms with E-state index in [1.807, 2.05) is 6.07 Å². The van der Waals surface area contributed by atoms with Gasteiger partial charge in [0, 0.05) is 12.0 Å². The molecule has 0 saturated carbocycles. The highest BCUT2D eigenvalue weighted by Gasteiger charge is 2.36. The molecule has 3 rings (SSSR count). The Labute approximate surface area is 115 Å². The van der Waals surface area contributed by atoms with Crippen LogP contribution in [0.5, 0.6) is 11.5 Å². The Hall–Kier alpha value is -1.22. The minimum absolute atomic E-state index is 0.667. The Morgan fingerprint density at radius 3 is 2.63 bits per heavy atom. The molecule has 0 bridgehead atoms. The molecule has 19 heavy (non-hydrogen) atoms. The summed E-state index contributed by atoms with van der Waals surface area (Å²) in [6.07, 6.45) is 5.37. The molecular weight excluding hydrogens is 238 g/mol. The van der Waals surface area contributed by atoms with E-state index in [-0.39, 0.29) is 0 Å². The number of benzene rings is 1. The van der Waals surface area contributed by atoms with Gasteiger partial charge in [-0.05, 0) is 50.0 Å². The van der Waals surface area contributed by atoms with Crippen molar-refractivity contribution in [3.8, 4) is 11.5 Å². The van der Waals surface area contributed by atoms with Gasteiger partial charge in [-0.3, -0.25) is 4.90 Å². The highest BCUT2D eigenvalue weighted by atomic mass is 16.5. The molecule has 0 aromatic heterocycles. The Kier molecular flexibility index (Phi) is 3.65. The maximum Gasteiger partial charge on any atom is 0.160 e. The Balaban J connectivity index is 1.85. The second-order valence-corrected chi connectivity index (χ2v) is 5.61. The highest BCUT2D eigenvalue weighted by molar-refractivity contribution is 5.44. The first-order valence-corrected chi connectivity index (χ1v) is 7.29. The summed E-state index contributed by atoms with van der Waals surface area (Å²) in [5.41, 5.74) is 1.41. The summed E-state index contributed by atoms with van der Waals surface area (Å²) < 4.78 is 10.8. The predicted molar refractivity (Wildman–Crippen MR) is 76.1 cm³/mol. The van der Waals surface area contributed by atoms with Crippen molar-refractivity contribution in [1.29, 1.82) is 0 Å². The highest BCUT2D eigenvalue weighted by Crippen LogP contribution is 2.40. The van der Waals surface area contributed by atoms with E-state index in [0.29, 0.717) is 5.92 Å². The standard InChI is InChI=1S/C16H23NO2/c1-18-15-7-6-12(11-16(15)19-2)13-8-10-17-9-4-3-5-14(13)17/h6-7,11,13-14H,3-5,8-10H2,1-2H3/t13-,14+/m0/s1. The van der Waals surface area contributed by atoms with Crippen LogP contribution in [0.4, 0.5) is 0 Å². The Bertz CT molecular complexity index is 446. The fourth-order valence-corrected chi connectivity index (χ4v) is 3.72. The van der Waals surface area contributed by atoms with Gasteiger partial charge in [0.2, 0.25) is 0 Å². The molecule has 2 saturated heterocycles. The first-order chi connectivity index (χ1) is 9.33. The van der Waals surface area contributed by atoms with E-state index in [0.717, 1.165) is 17.5 Å². The van der Waals surface area contributed by atoms with Crippen molar-refractivity contribution in [2.75, 3.05) is 27.3 Å². The zero-order valence-corrected chi connectivity index (χ0v) is 11.9. The van der Waals surface area contributed by atoms with E-state index in [1.165, 1.54) is 44.3 Å². The van der Waals surface area contributed by atoms with Crippen LogP contribution in [0.15, 0.2) is 18.2 Å². The molecule has 2 aliphatic heterocycles. The van der Waals surface area contributed by atoms with Gasteiger partial charge in [0.25, 0.3) is 0 Å². The molecule has 3 heteroatoms. The van der Waals surface area contributed by atoms with Gasteiger partial charge in [0.1, 0.15) is 0 Å². The molecule has 0 N–H and O–H groups in total. The zero-order chi connectivity index (χ0) is 13.2. The van der Waals surface area contributed by atoms with Gasteiger partial charge in [-0.2, -0.15) is 0 Å². The number of rotatable bonds is 3. The number of methoxy groups -OCH3 is 2. The van der Waals surface area contributed by atoms with Crippen molar-refractivity contribution in [2.45, 2.75) is 37.6 Å². The van der Waals surface area contributed by atoms with Crippen LogP contribution in [0.1, 0.15) is 37.2 Å². The van der Waals surface area contributed by atoms with Gasteiger partial charge in [0.05, 0.1) is 14.2 Å². The molecule has 104 valence electrons. The van der Waals surface area contributed by atoms with Crippen molar-refractivity contribution in [3.63, 3.8) is 0 Å². The second-order valence-electron chi connectivity index (χ2n) is 5.61. The van der Waals surface area contributed by atoms with Crippen molar-refractivity contribution in [3.05, 3.63) is 23.8 Å². The molecule has 2 aliphatic rings. The predicted octanol–water partition coefficient (Wildman–Crippen LogP) is 3.05. The van der Waals surface area contributed by atoms with Gasteiger partial charge < -0.3 is 9.47 Å². The molecule has 0 aliphatic carbocycles. The molecule has 2 heterocycles. The first kappa shape index (κ1) is 12.8. The lowest BCUT2D eigenvalue weighted by atomic mass is 9.87. The molecule has 1 aromatic carbocycles. The fourth-order valence-electron chi connectivity index (χ4n) is 3.72. The molecule has 0 amide bonds. The lowest BCUT2D eigenvalue weighted by Crippen LogP contribution is -2.36. The summed E-state index contributed by atoms with van der Waals surface area (Å²) in [6.45, 7) is 2.54.